The van der Waals surface area contributed by atoms with Crippen molar-refractivity contribution in [1.29, 1.82) is 0 Å². The van der Waals surface area contributed by atoms with Crippen molar-refractivity contribution >= 4 is 48.9 Å². The number of pyridine rings is 1. The average Bonchev–Trinajstić information content (AvgIpc) is 2.36. The van der Waals surface area contributed by atoms with Gasteiger partial charge in [0, 0.05) is 10.2 Å². The summed E-state index contributed by atoms with van der Waals surface area (Å²) in [5.41, 5.74) is 7.00. The van der Waals surface area contributed by atoms with E-state index in [9.17, 15) is 8.42 Å². The van der Waals surface area contributed by atoms with Crippen LogP contribution in [0.3, 0.4) is 0 Å². The van der Waals surface area contributed by atoms with Crippen LogP contribution in [0.1, 0.15) is 5.56 Å². The molecule has 1 aromatic heterocycles. The monoisotopic (exact) mass is 375 g/mol. The van der Waals surface area contributed by atoms with Crippen LogP contribution in [0.5, 0.6) is 0 Å². The number of nitrogens with zero attached hydrogens (tertiary/aromatic N) is 1. The van der Waals surface area contributed by atoms with Gasteiger partial charge in [0.25, 0.3) is 10.0 Å². The fraction of sp³-hybridized carbons (Fsp3) is 0.0833. The molecule has 0 atom stereocenters. The Balaban J connectivity index is 2.40. The van der Waals surface area contributed by atoms with Gasteiger partial charge in [0.05, 0.1) is 16.8 Å². The number of anilines is 2. The van der Waals surface area contributed by atoms with Gasteiger partial charge in [-0.1, -0.05) is 11.6 Å². The molecule has 0 bridgehead atoms. The minimum Gasteiger partial charge on any atom is -0.398 e. The van der Waals surface area contributed by atoms with Gasteiger partial charge in [-0.2, -0.15) is 0 Å². The second-order valence-electron chi connectivity index (χ2n) is 4.11. The zero-order chi connectivity index (χ0) is 14.9. The van der Waals surface area contributed by atoms with Crippen LogP contribution in [0.2, 0.25) is 5.15 Å². The molecule has 106 valence electrons. The van der Waals surface area contributed by atoms with Crippen LogP contribution in [-0.2, 0) is 10.0 Å². The molecule has 0 aliphatic heterocycles. The smallest absolute Gasteiger partial charge is 0.262 e. The summed E-state index contributed by atoms with van der Waals surface area (Å²) in [7, 11) is -3.73. The summed E-state index contributed by atoms with van der Waals surface area (Å²) in [5, 5.41) is 0.289. The zero-order valence-electron chi connectivity index (χ0n) is 10.4. The Morgan fingerprint density at radius 3 is 2.65 bits per heavy atom. The number of nitrogens with one attached hydrogen (secondary N) is 1. The molecule has 2 rings (SSSR count). The Hall–Kier alpha value is -1.31. The van der Waals surface area contributed by atoms with Gasteiger partial charge in [-0.15, -0.1) is 0 Å². The highest BCUT2D eigenvalue weighted by Crippen LogP contribution is 2.27. The molecule has 0 saturated carbocycles. The third kappa shape index (κ3) is 3.23. The zero-order valence-corrected chi connectivity index (χ0v) is 13.6. The van der Waals surface area contributed by atoms with Crippen molar-refractivity contribution in [2.75, 3.05) is 10.5 Å². The molecule has 5 nitrogen and oxygen atoms in total. The number of hydrogen-bond donors (Lipinski definition) is 2. The number of sulfonamides is 1. The molecule has 3 N–H and O–H groups in total. The third-order valence-electron chi connectivity index (χ3n) is 2.56. The molecule has 1 aromatic carbocycles. The van der Waals surface area contributed by atoms with Crippen molar-refractivity contribution in [2.45, 2.75) is 11.8 Å². The summed E-state index contributed by atoms with van der Waals surface area (Å²) in [6.07, 6.45) is 1.34. The van der Waals surface area contributed by atoms with Gasteiger partial charge in [0.1, 0.15) is 5.15 Å². The Bertz CT molecular complexity index is 748. The highest BCUT2D eigenvalue weighted by Gasteiger charge is 2.18. The number of halogens is 2. The van der Waals surface area contributed by atoms with Gasteiger partial charge in [0.15, 0.2) is 0 Å². The summed E-state index contributed by atoms with van der Waals surface area (Å²) in [5.74, 6) is 0. The van der Waals surface area contributed by atoms with E-state index in [2.05, 4.69) is 25.6 Å². The van der Waals surface area contributed by atoms with E-state index in [1.165, 1.54) is 24.4 Å². The fourth-order valence-electron chi connectivity index (χ4n) is 1.60. The molecule has 0 radical (unpaired) electrons. The number of benzene rings is 1. The Kier molecular flexibility index (Phi) is 4.22. The van der Waals surface area contributed by atoms with E-state index in [-0.39, 0.29) is 10.0 Å². The lowest BCUT2D eigenvalue weighted by Crippen LogP contribution is -2.15. The SMILES string of the molecule is Cc1cc(Br)c(N)cc1S(=O)(=O)Nc1ccc(Cl)nc1. The number of nitrogen functional groups attached to an aromatic ring is 1. The molecular formula is C12H11BrClN3O2S. The number of rotatable bonds is 3. The molecule has 20 heavy (non-hydrogen) atoms. The van der Waals surface area contributed by atoms with E-state index in [0.29, 0.717) is 21.4 Å². The molecule has 8 heteroatoms. The first-order valence-corrected chi connectivity index (χ1v) is 8.15. The second-order valence-corrected chi connectivity index (χ2v) is 7.01. The van der Waals surface area contributed by atoms with E-state index in [4.69, 9.17) is 17.3 Å². The van der Waals surface area contributed by atoms with Gasteiger partial charge in [-0.3, -0.25) is 4.72 Å². The van der Waals surface area contributed by atoms with Gasteiger partial charge in [-0.05, 0) is 52.7 Å². The Morgan fingerprint density at radius 2 is 2.05 bits per heavy atom. The van der Waals surface area contributed by atoms with Crippen molar-refractivity contribution in [3.63, 3.8) is 0 Å². The van der Waals surface area contributed by atoms with Gasteiger partial charge in [0.2, 0.25) is 0 Å². The van der Waals surface area contributed by atoms with Gasteiger partial charge < -0.3 is 5.73 Å². The minimum absolute atomic E-state index is 0.119. The summed E-state index contributed by atoms with van der Waals surface area (Å²) in [6, 6.07) is 6.10. The first kappa shape index (κ1) is 15.1. The molecule has 1 heterocycles. The topological polar surface area (TPSA) is 85.1 Å². The molecule has 0 aliphatic rings. The average molecular weight is 377 g/mol. The standard InChI is InChI=1S/C12H11BrClN3O2S/c1-7-4-9(13)10(15)5-11(7)20(18,19)17-8-2-3-12(14)16-6-8/h2-6,17H,15H2,1H3. The Morgan fingerprint density at radius 1 is 1.35 bits per heavy atom. The fourth-order valence-corrected chi connectivity index (χ4v) is 3.48. The molecule has 0 fully saturated rings. The van der Waals surface area contributed by atoms with Crippen molar-refractivity contribution in [3.8, 4) is 0 Å². The predicted molar refractivity (Wildman–Crippen MR) is 83.3 cm³/mol. The number of hydrogen-bond acceptors (Lipinski definition) is 4. The molecule has 0 aliphatic carbocycles. The molecule has 2 aromatic rings. The van der Waals surface area contributed by atoms with E-state index < -0.39 is 10.0 Å². The largest absolute Gasteiger partial charge is 0.398 e. The summed E-state index contributed by atoms with van der Waals surface area (Å²) in [4.78, 5) is 3.94. The highest BCUT2D eigenvalue weighted by molar-refractivity contribution is 9.10. The summed E-state index contributed by atoms with van der Waals surface area (Å²) in [6.45, 7) is 1.69. The quantitative estimate of drug-likeness (QED) is 0.636. The third-order valence-corrected chi connectivity index (χ3v) is 5.00. The van der Waals surface area contributed by atoms with E-state index in [1.807, 2.05) is 0 Å². The maximum absolute atomic E-state index is 12.3. The highest BCUT2D eigenvalue weighted by atomic mass is 79.9. The first-order chi connectivity index (χ1) is 9.29. The summed E-state index contributed by atoms with van der Waals surface area (Å²) < 4.78 is 27.7. The maximum atomic E-state index is 12.3. The first-order valence-electron chi connectivity index (χ1n) is 5.49. The number of aromatic nitrogens is 1. The van der Waals surface area contributed by atoms with Crippen LogP contribution >= 0.6 is 27.5 Å². The number of aryl methyl sites for hydroxylation is 1. The molecular weight excluding hydrogens is 366 g/mol. The van der Waals surface area contributed by atoms with E-state index in [1.54, 1.807) is 13.0 Å². The summed E-state index contributed by atoms with van der Waals surface area (Å²) >= 11 is 8.91. The van der Waals surface area contributed by atoms with Crippen LogP contribution in [-0.4, -0.2) is 13.4 Å². The van der Waals surface area contributed by atoms with Crippen molar-refractivity contribution < 1.29 is 8.42 Å². The predicted octanol–water partition coefficient (Wildman–Crippen LogP) is 3.19. The molecule has 0 saturated heterocycles. The van der Waals surface area contributed by atoms with Crippen LogP contribution in [0.15, 0.2) is 39.8 Å². The molecule has 0 amide bonds. The lowest BCUT2D eigenvalue weighted by atomic mass is 10.2. The lowest BCUT2D eigenvalue weighted by Gasteiger charge is -2.11. The van der Waals surface area contributed by atoms with Crippen LogP contribution in [0.25, 0.3) is 0 Å². The van der Waals surface area contributed by atoms with Crippen LogP contribution < -0.4 is 10.5 Å². The molecule has 0 unspecified atom stereocenters. The van der Waals surface area contributed by atoms with Gasteiger partial charge in [-0.25, -0.2) is 13.4 Å². The van der Waals surface area contributed by atoms with Gasteiger partial charge >= 0.3 is 0 Å². The van der Waals surface area contributed by atoms with Crippen molar-refractivity contribution in [2.24, 2.45) is 0 Å². The van der Waals surface area contributed by atoms with Crippen molar-refractivity contribution in [3.05, 3.63) is 45.7 Å². The number of nitrogens with two attached hydrogens (primary N) is 1. The normalized spacial score (nSPS) is 11.3. The van der Waals surface area contributed by atoms with E-state index in [0.717, 1.165) is 0 Å². The van der Waals surface area contributed by atoms with E-state index >= 15 is 0 Å². The maximum Gasteiger partial charge on any atom is 0.262 e. The van der Waals surface area contributed by atoms with Crippen molar-refractivity contribution in [1.82, 2.24) is 4.98 Å². The van der Waals surface area contributed by atoms with Crippen LogP contribution in [0, 0.1) is 6.92 Å². The minimum atomic E-state index is -3.73. The second kappa shape index (κ2) is 5.59. The Labute approximate surface area is 130 Å². The molecule has 0 spiro atoms. The van der Waals surface area contributed by atoms with Crippen LogP contribution in [0.4, 0.5) is 11.4 Å². The lowest BCUT2D eigenvalue weighted by molar-refractivity contribution is 0.600.